The first-order valence-corrected chi connectivity index (χ1v) is 8.59. The summed E-state index contributed by atoms with van der Waals surface area (Å²) in [6.07, 6.45) is 3.38. The van der Waals surface area contributed by atoms with Gasteiger partial charge in [0.2, 0.25) is 5.95 Å². The standard InChI is InChI=1S/C20H15F3N4O/c1-11-8-12-4-2-3-5-16(12)27(11)19(28)13-9-24-20(25-10-13)26-15-7-6-14(21)17(22)18(15)23/h2-7,9-11H,8H2,1H3,(H,24,25,26). The van der Waals surface area contributed by atoms with E-state index in [9.17, 15) is 18.0 Å². The number of carbonyl (C=O) groups is 1. The first-order chi connectivity index (χ1) is 13.5. The van der Waals surface area contributed by atoms with Crippen LogP contribution in [0.1, 0.15) is 22.8 Å². The number of rotatable bonds is 3. The molecule has 5 nitrogen and oxygen atoms in total. The zero-order chi connectivity index (χ0) is 19.8. The Morgan fingerprint density at radius 3 is 2.54 bits per heavy atom. The van der Waals surface area contributed by atoms with Crippen molar-refractivity contribution in [1.29, 1.82) is 0 Å². The van der Waals surface area contributed by atoms with E-state index in [0.717, 1.165) is 29.8 Å². The molecule has 1 atom stereocenters. The Kier molecular flexibility index (Phi) is 4.46. The van der Waals surface area contributed by atoms with Gasteiger partial charge < -0.3 is 10.2 Å². The number of hydrogen-bond donors (Lipinski definition) is 1. The van der Waals surface area contributed by atoms with Crippen molar-refractivity contribution in [2.24, 2.45) is 0 Å². The highest BCUT2D eigenvalue weighted by atomic mass is 19.2. The Balaban J connectivity index is 1.56. The zero-order valence-electron chi connectivity index (χ0n) is 14.8. The number of aromatic nitrogens is 2. The van der Waals surface area contributed by atoms with Crippen LogP contribution in [-0.2, 0) is 6.42 Å². The molecule has 1 unspecified atom stereocenters. The minimum Gasteiger partial charge on any atom is -0.322 e. The number of fused-ring (bicyclic) bond motifs is 1. The number of carbonyl (C=O) groups excluding carboxylic acids is 1. The number of para-hydroxylation sites is 1. The molecule has 1 aliphatic heterocycles. The highest BCUT2D eigenvalue weighted by Crippen LogP contribution is 2.33. The number of benzene rings is 2. The van der Waals surface area contributed by atoms with Gasteiger partial charge in [-0.05, 0) is 37.1 Å². The lowest BCUT2D eigenvalue weighted by molar-refractivity contribution is 0.0981. The third-order valence-electron chi connectivity index (χ3n) is 4.61. The van der Waals surface area contributed by atoms with Crippen molar-refractivity contribution in [2.75, 3.05) is 10.2 Å². The summed E-state index contributed by atoms with van der Waals surface area (Å²) in [5, 5.41) is 2.47. The molecule has 1 amide bonds. The molecule has 1 N–H and O–H groups in total. The second-order valence-electron chi connectivity index (χ2n) is 6.50. The van der Waals surface area contributed by atoms with Crippen molar-refractivity contribution in [1.82, 2.24) is 9.97 Å². The highest BCUT2D eigenvalue weighted by molar-refractivity contribution is 6.07. The fourth-order valence-electron chi connectivity index (χ4n) is 3.26. The van der Waals surface area contributed by atoms with Gasteiger partial charge in [-0.25, -0.2) is 23.1 Å². The molecule has 1 aliphatic rings. The number of nitrogens with zero attached hydrogens (tertiary/aromatic N) is 3. The normalized spacial score (nSPS) is 15.4. The van der Waals surface area contributed by atoms with Crippen molar-refractivity contribution in [2.45, 2.75) is 19.4 Å². The first kappa shape index (κ1) is 18.0. The van der Waals surface area contributed by atoms with Gasteiger partial charge in [-0.2, -0.15) is 0 Å². The molecule has 0 spiro atoms. The number of amides is 1. The SMILES string of the molecule is CC1Cc2ccccc2N1C(=O)c1cnc(Nc2ccc(F)c(F)c2F)nc1. The third-order valence-corrected chi connectivity index (χ3v) is 4.61. The van der Waals surface area contributed by atoms with Crippen molar-refractivity contribution in [3.63, 3.8) is 0 Å². The van der Waals surface area contributed by atoms with Crippen LogP contribution in [-0.4, -0.2) is 21.9 Å². The molecule has 0 aliphatic carbocycles. The Hall–Kier alpha value is -3.42. The number of nitrogens with one attached hydrogen (secondary N) is 1. The molecule has 8 heteroatoms. The van der Waals surface area contributed by atoms with Crippen LogP contribution in [0.4, 0.5) is 30.5 Å². The van der Waals surface area contributed by atoms with Crippen molar-refractivity contribution < 1.29 is 18.0 Å². The molecule has 142 valence electrons. The molecule has 2 heterocycles. The monoisotopic (exact) mass is 384 g/mol. The fraction of sp³-hybridized carbons (Fsp3) is 0.150. The minimum atomic E-state index is -1.58. The van der Waals surface area contributed by atoms with E-state index in [4.69, 9.17) is 0 Å². The van der Waals surface area contributed by atoms with Crippen molar-refractivity contribution in [3.8, 4) is 0 Å². The van der Waals surface area contributed by atoms with Gasteiger partial charge in [0.25, 0.3) is 5.91 Å². The molecule has 0 radical (unpaired) electrons. The Morgan fingerprint density at radius 2 is 1.79 bits per heavy atom. The summed E-state index contributed by atoms with van der Waals surface area (Å²) >= 11 is 0. The Labute approximate surface area is 158 Å². The van der Waals surface area contributed by atoms with Crippen LogP contribution in [0.15, 0.2) is 48.8 Å². The van der Waals surface area contributed by atoms with E-state index in [-0.39, 0.29) is 29.1 Å². The van der Waals surface area contributed by atoms with Crippen LogP contribution in [0, 0.1) is 17.5 Å². The lowest BCUT2D eigenvalue weighted by Gasteiger charge is -2.22. The second kappa shape index (κ2) is 6.95. The molecule has 3 aromatic rings. The molecule has 1 aromatic heterocycles. The lowest BCUT2D eigenvalue weighted by atomic mass is 10.1. The van der Waals surface area contributed by atoms with Crippen molar-refractivity contribution in [3.05, 3.63) is 77.4 Å². The van der Waals surface area contributed by atoms with Gasteiger partial charge in [-0.15, -0.1) is 0 Å². The van der Waals surface area contributed by atoms with Crippen LogP contribution >= 0.6 is 0 Å². The molecular weight excluding hydrogens is 369 g/mol. The molecule has 4 rings (SSSR count). The second-order valence-corrected chi connectivity index (χ2v) is 6.50. The van der Waals surface area contributed by atoms with Crippen LogP contribution in [0.25, 0.3) is 0 Å². The van der Waals surface area contributed by atoms with Crippen LogP contribution in [0.2, 0.25) is 0 Å². The summed E-state index contributed by atoms with van der Waals surface area (Å²) in [7, 11) is 0. The van der Waals surface area contributed by atoms with E-state index in [1.807, 2.05) is 31.2 Å². The summed E-state index contributed by atoms with van der Waals surface area (Å²) in [5.74, 6) is -4.53. The predicted molar refractivity (Wildman–Crippen MR) is 98.0 cm³/mol. The topological polar surface area (TPSA) is 58.1 Å². The van der Waals surface area contributed by atoms with Crippen molar-refractivity contribution >= 4 is 23.2 Å². The summed E-state index contributed by atoms with van der Waals surface area (Å²) in [6, 6.07) is 9.51. The maximum absolute atomic E-state index is 13.7. The van der Waals surface area contributed by atoms with Crippen LogP contribution < -0.4 is 10.2 Å². The Bertz CT molecular complexity index is 1060. The minimum absolute atomic E-state index is 0.000937. The number of halogens is 3. The molecule has 28 heavy (non-hydrogen) atoms. The maximum atomic E-state index is 13.7. The summed E-state index contributed by atoms with van der Waals surface area (Å²) in [6.45, 7) is 1.96. The van der Waals surface area contributed by atoms with E-state index in [2.05, 4.69) is 15.3 Å². The van der Waals surface area contributed by atoms with E-state index in [0.29, 0.717) is 0 Å². The number of anilines is 3. The smallest absolute Gasteiger partial charge is 0.261 e. The van der Waals surface area contributed by atoms with Gasteiger partial charge in [0.05, 0.1) is 11.3 Å². The number of hydrogen-bond acceptors (Lipinski definition) is 4. The van der Waals surface area contributed by atoms with Gasteiger partial charge in [0.15, 0.2) is 17.5 Å². The van der Waals surface area contributed by atoms with Crippen LogP contribution in [0.5, 0.6) is 0 Å². The summed E-state index contributed by atoms with van der Waals surface area (Å²) < 4.78 is 40.1. The molecule has 0 fully saturated rings. The molecule has 0 saturated heterocycles. The lowest BCUT2D eigenvalue weighted by Crippen LogP contribution is -2.35. The average molecular weight is 384 g/mol. The summed E-state index contributed by atoms with van der Waals surface area (Å²) in [4.78, 5) is 22.6. The average Bonchev–Trinajstić information content (AvgIpc) is 3.04. The van der Waals surface area contributed by atoms with E-state index in [1.165, 1.54) is 12.4 Å². The molecule has 2 aromatic carbocycles. The third kappa shape index (κ3) is 3.06. The molecular formula is C20H15F3N4O. The maximum Gasteiger partial charge on any atom is 0.261 e. The molecule has 0 bridgehead atoms. The zero-order valence-corrected chi connectivity index (χ0v) is 14.8. The fourth-order valence-corrected chi connectivity index (χ4v) is 3.26. The highest BCUT2D eigenvalue weighted by Gasteiger charge is 2.31. The van der Waals surface area contributed by atoms with E-state index >= 15 is 0 Å². The van der Waals surface area contributed by atoms with Gasteiger partial charge in [0.1, 0.15) is 0 Å². The van der Waals surface area contributed by atoms with Crippen LogP contribution in [0.3, 0.4) is 0 Å². The predicted octanol–water partition coefficient (Wildman–Crippen LogP) is 4.23. The van der Waals surface area contributed by atoms with Gasteiger partial charge in [-0.3, -0.25) is 4.79 Å². The van der Waals surface area contributed by atoms with E-state index in [1.54, 1.807) is 4.90 Å². The van der Waals surface area contributed by atoms with Gasteiger partial charge in [0, 0.05) is 24.1 Å². The Morgan fingerprint density at radius 1 is 1.07 bits per heavy atom. The molecule has 0 saturated carbocycles. The quantitative estimate of drug-likeness (QED) is 0.687. The van der Waals surface area contributed by atoms with E-state index < -0.39 is 17.5 Å². The summed E-state index contributed by atoms with van der Waals surface area (Å²) in [5.41, 5.74) is 1.90. The first-order valence-electron chi connectivity index (χ1n) is 8.59. The largest absolute Gasteiger partial charge is 0.322 e. The van der Waals surface area contributed by atoms with Gasteiger partial charge >= 0.3 is 0 Å². The van der Waals surface area contributed by atoms with Gasteiger partial charge in [-0.1, -0.05) is 18.2 Å².